The van der Waals surface area contributed by atoms with Crippen molar-refractivity contribution >= 4 is 28.2 Å². The minimum atomic E-state index is -1.02. The standard InChI is InChI=1S/C13H19NO4S/c1-4-9-7-10(13(16)17)12(19-9)14-11(15)6-5-8(2)18-3/h7-8H,4-6H2,1-3H3,(H,14,15)(H,16,17). The summed E-state index contributed by atoms with van der Waals surface area (Å²) in [7, 11) is 1.60. The molecule has 1 aromatic heterocycles. The number of ether oxygens (including phenoxy) is 1. The van der Waals surface area contributed by atoms with Gasteiger partial charge in [-0.1, -0.05) is 6.92 Å². The van der Waals surface area contributed by atoms with Crippen LogP contribution in [0.3, 0.4) is 0 Å². The molecule has 1 atom stereocenters. The third-order valence-electron chi connectivity index (χ3n) is 2.80. The summed E-state index contributed by atoms with van der Waals surface area (Å²) in [5.41, 5.74) is 0.162. The third-order valence-corrected chi connectivity index (χ3v) is 3.99. The molecule has 0 aliphatic heterocycles. The van der Waals surface area contributed by atoms with Crippen LogP contribution in [0.2, 0.25) is 0 Å². The summed E-state index contributed by atoms with van der Waals surface area (Å²) >= 11 is 1.31. The van der Waals surface area contributed by atoms with Crippen molar-refractivity contribution in [3.63, 3.8) is 0 Å². The van der Waals surface area contributed by atoms with Crippen LogP contribution in [-0.4, -0.2) is 30.2 Å². The van der Waals surface area contributed by atoms with Crippen LogP contribution in [0.4, 0.5) is 5.00 Å². The molecule has 0 saturated carbocycles. The third kappa shape index (κ3) is 4.65. The molecule has 6 heteroatoms. The van der Waals surface area contributed by atoms with Gasteiger partial charge in [-0.25, -0.2) is 4.79 Å². The Morgan fingerprint density at radius 2 is 2.21 bits per heavy atom. The van der Waals surface area contributed by atoms with E-state index in [4.69, 9.17) is 9.84 Å². The second-order valence-electron chi connectivity index (χ2n) is 4.25. The number of thiophene rings is 1. The van der Waals surface area contributed by atoms with Crippen LogP contribution in [0.1, 0.15) is 41.9 Å². The highest BCUT2D eigenvalue weighted by Crippen LogP contribution is 2.28. The lowest BCUT2D eigenvalue weighted by Gasteiger charge is -2.08. The van der Waals surface area contributed by atoms with Gasteiger partial charge in [-0.2, -0.15) is 0 Å². The Kier molecular flexibility index (Phi) is 5.98. The van der Waals surface area contributed by atoms with E-state index in [0.717, 1.165) is 11.3 Å². The number of carboxylic acids is 1. The van der Waals surface area contributed by atoms with Crippen molar-refractivity contribution in [1.29, 1.82) is 0 Å². The number of hydrogen-bond acceptors (Lipinski definition) is 4. The van der Waals surface area contributed by atoms with Gasteiger partial charge in [-0.3, -0.25) is 4.79 Å². The average Bonchev–Trinajstić information content (AvgIpc) is 2.79. The lowest BCUT2D eigenvalue weighted by Crippen LogP contribution is -2.15. The number of aromatic carboxylic acids is 1. The van der Waals surface area contributed by atoms with Crippen LogP contribution in [-0.2, 0) is 16.0 Å². The molecule has 19 heavy (non-hydrogen) atoms. The Hall–Kier alpha value is -1.40. The van der Waals surface area contributed by atoms with E-state index >= 15 is 0 Å². The van der Waals surface area contributed by atoms with E-state index in [0.29, 0.717) is 17.8 Å². The van der Waals surface area contributed by atoms with Gasteiger partial charge in [0.15, 0.2) is 0 Å². The van der Waals surface area contributed by atoms with Crippen LogP contribution in [0.15, 0.2) is 6.07 Å². The summed E-state index contributed by atoms with van der Waals surface area (Å²) in [4.78, 5) is 23.8. The lowest BCUT2D eigenvalue weighted by molar-refractivity contribution is -0.116. The zero-order chi connectivity index (χ0) is 14.4. The molecule has 1 aromatic rings. The Bertz CT molecular complexity index is 455. The van der Waals surface area contributed by atoms with Gasteiger partial charge in [0, 0.05) is 18.4 Å². The predicted octanol–water partition coefficient (Wildman–Crippen LogP) is 2.76. The maximum Gasteiger partial charge on any atom is 0.338 e. The van der Waals surface area contributed by atoms with E-state index in [1.54, 1.807) is 13.2 Å². The normalized spacial score (nSPS) is 12.2. The van der Waals surface area contributed by atoms with Crippen molar-refractivity contribution in [2.45, 2.75) is 39.2 Å². The second-order valence-corrected chi connectivity index (χ2v) is 5.38. The summed E-state index contributed by atoms with van der Waals surface area (Å²) in [5, 5.41) is 12.2. The van der Waals surface area contributed by atoms with E-state index in [1.807, 2.05) is 13.8 Å². The number of rotatable bonds is 7. The summed E-state index contributed by atoms with van der Waals surface area (Å²) in [6, 6.07) is 1.61. The molecular weight excluding hydrogens is 266 g/mol. The molecule has 0 bridgehead atoms. The quantitative estimate of drug-likeness (QED) is 0.807. The summed E-state index contributed by atoms with van der Waals surface area (Å²) in [5.74, 6) is -1.20. The Labute approximate surface area is 116 Å². The Morgan fingerprint density at radius 1 is 1.53 bits per heavy atom. The summed E-state index contributed by atoms with van der Waals surface area (Å²) in [6.07, 6.45) is 1.69. The largest absolute Gasteiger partial charge is 0.478 e. The summed E-state index contributed by atoms with van der Waals surface area (Å²) < 4.78 is 5.06. The van der Waals surface area contributed by atoms with Gasteiger partial charge in [-0.15, -0.1) is 11.3 Å². The molecule has 0 radical (unpaired) electrons. The second kappa shape index (κ2) is 7.25. The first-order valence-corrected chi connectivity index (χ1v) is 6.98. The van der Waals surface area contributed by atoms with Crippen molar-refractivity contribution in [2.24, 2.45) is 0 Å². The van der Waals surface area contributed by atoms with E-state index in [-0.39, 0.29) is 17.6 Å². The van der Waals surface area contributed by atoms with Crippen molar-refractivity contribution in [1.82, 2.24) is 0 Å². The van der Waals surface area contributed by atoms with Gasteiger partial charge >= 0.3 is 5.97 Å². The first kappa shape index (κ1) is 15.7. The van der Waals surface area contributed by atoms with Gasteiger partial charge in [0.1, 0.15) is 5.00 Å². The molecule has 106 valence electrons. The number of carboxylic acid groups (broad SMARTS) is 1. The molecule has 0 aliphatic carbocycles. The fourth-order valence-corrected chi connectivity index (χ4v) is 2.51. The zero-order valence-electron chi connectivity index (χ0n) is 11.4. The van der Waals surface area contributed by atoms with E-state index in [2.05, 4.69) is 5.32 Å². The van der Waals surface area contributed by atoms with Crippen LogP contribution in [0.5, 0.6) is 0 Å². The summed E-state index contributed by atoms with van der Waals surface area (Å²) in [6.45, 7) is 3.83. The highest BCUT2D eigenvalue weighted by atomic mass is 32.1. The fraction of sp³-hybridized carbons (Fsp3) is 0.538. The van der Waals surface area contributed by atoms with Crippen molar-refractivity contribution < 1.29 is 19.4 Å². The lowest BCUT2D eigenvalue weighted by atomic mass is 10.2. The van der Waals surface area contributed by atoms with Gasteiger partial charge in [0.2, 0.25) is 5.91 Å². The maximum atomic E-state index is 11.8. The average molecular weight is 285 g/mol. The Balaban J connectivity index is 2.67. The van der Waals surface area contributed by atoms with E-state index < -0.39 is 5.97 Å². The van der Waals surface area contributed by atoms with Crippen LogP contribution >= 0.6 is 11.3 Å². The van der Waals surface area contributed by atoms with Crippen LogP contribution in [0.25, 0.3) is 0 Å². The number of carbonyl (C=O) groups excluding carboxylic acids is 1. The maximum absolute atomic E-state index is 11.8. The molecule has 0 fully saturated rings. The molecular formula is C13H19NO4S. The SMILES string of the molecule is CCc1cc(C(=O)O)c(NC(=O)CCC(C)OC)s1. The highest BCUT2D eigenvalue weighted by Gasteiger charge is 2.16. The molecule has 1 heterocycles. The smallest absolute Gasteiger partial charge is 0.338 e. The highest BCUT2D eigenvalue weighted by molar-refractivity contribution is 7.16. The van der Waals surface area contributed by atoms with Gasteiger partial charge in [0.25, 0.3) is 0 Å². The van der Waals surface area contributed by atoms with E-state index in [1.165, 1.54) is 11.3 Å². The van der Waals surface area contributed by atoms with Gasteiger partial charge in [-0.05, 0) is 25.8 Å². The fourth-order valence-electron chi connectivity index (χ4n) is 1.51. The van der Waals surface area contributed by atoms with E-state index in [9.17, 15) is 9.59 Å². The Morgan fingerprint density at radius 3 is 2.74 bits per heavy atom. The van der Waals surface area contributed by atoms with Crippen molar-refractivity contribution in [2.75, 3.05) is 12.4 Å². The number of anilines is 1. The van der Waals surface area contributed by atoms with Crippen molar-refractivity contribution in [3.05, 3.63) is 16.5 Å². The number of methoxy groups -OCH3 is 1. The topological polar surface area (TPSA) is 75.6 Å². The first-order chi connectivity index (χ1) is 8.97. The monoisotopic (exact) mass is 285 g/mol. The minimum absolute atomic E-state index is 0.0132. The number of carbonyl (C=O) groups is 2. The molecule has 1 amide bonds. The molecule has 0 spiro atoms. The molecule has 0 saturated heterocycles. The number of nitrogens with one attached hydrogen (secondary N) is 1. The number of aryl methyl sites for hydroxylation is 1. The predicted molar refractivity (Wildman–Crippen MR) is 75.0 cm³/mol. The molecule has 5 nitrogen and oxygen atoms in total. The molecule has 1 unspecified atom stereocenters. The van der Waals surface area contributed by atoms with Crippen molar-refractivity contribution in [3.8, 4) is 0 Å². The number of hydrogen-bond donors (Lipinski definition) is 2. The number of amides is 1. The molecule has 0 aromatic carbocycles. The molecule has 1 rings (SSSR count). The minimum Gasteiger partial charge on any atom is -0.478 e. The van der Waals surface area contributed by atoms with Crippen LogP contribution in [0, 0.1) is 0 Å². The molecule has 0 aliphatic rings. The van der Waals surface area contributed by atoms with Gasteiger partial charge in [0.05, 0.1) is 11.7 Å². The van der Waals surface area contributed by atoms with Crippen LogP contribution < -0.4 is 5.32 Å². The molecule has 2 N–H and O–H groups in total. The van der Waals surface area contributed by atoms with Gasteiger partial charge < -0.3 is 15.2 Å². The first-order valence-electron chi connectivity index (χ1n) is 6.16. The zero-order valence-corrected chi connectivity index (χ0v) is 12.2.